The smallest absolute Gasteiger partial charge is 0.326 e. The number of hydrogen-bond acceptors (Lipinski definition) is 3. The zero-order valence-electron chi connectivity index (χ0n) is 6.81. The molecule has 0 aliphatic heterocycles. The van der Waals surface area contributed by atoms with E-state index in [0.717, 1.165) is 0 Å². The molecule has 0 spiro atoms. The molecule has 3 N–H and O–H groups in total. The van der Waals surface area contributed by atoms with Crippen molar-refractivity contribution in [2.75, 3.05) is 0 Å². The third kappa shape index (κ3) is 2.34. The first-order valence-electron chi connectivity index (χ1n) is 3.70. The number of thiocarbonyl (C=S) groups is 1. The molecule has 0 radical (unpaired) electrons. The molecule has 3 nitrogen and oxygen atoms in total. The van der Waals surface area contributed by atoms with Crippen LogP contribution in [-0.4, -0.2) is 22.0 Å². The summed E-state index contributed by atoms with van der Waals surface area (Å²) in [5.74, 6) is -1.10. The fourth-order valence-electron chi connectivity index (χ4n) is 0.894. The predicted octanol–water partition coefficient (Wildman–Crippen LogP) is 0.817. The molecule has 0 bridgehead atoms. The van der Waals surface area contributed by atoms with Crippen LogP contribution in [0.15, 0.2) is 30.3 Å². The fourth-order valence-corrected chi connectivity index (χ4v) is 1.13. The van der Waals surface area contributed by atoms with E-state index >= 15 is 0 Å². The number of benzene rings is 1. The van der Waals surface area contributed by atoms with Crippen LogP contribution in [0, 0.1) is 0 Å². The van der Waals surface area contributed by atoms with Gasteiger partial charge in [-0.1, -0.05) is 42.5 Å². The predicted molar refractivity (Wildman–Crippen MR) is 53.8 cm³/mol. The summed E-state index contributed by atoms with van der Waals surface area (Å²) in [5, 5.41) is 8.60. The molecule has 4 heteroatoms. The van der Waals surface area contributed by atoms with Crippen molar-refractivity contribution in [3.63, 3.8) is 0 Å². The van der Waals surface area contributed by atoms with E-state index in [9.17, 15) is 4.79 Å². The number of nitrogens with two attached hydrogens (primary N) is 1. The molecule has 0 aliphatic carbocycles. The zero-order chi connectivity index (χ0) is 9.84. The van der Waals surface area contributed by atoms with E-state index in [1.165, 1.54) is 0 Å². The summed E-state index contributed by atoms with van der Waals surface area (Å²) < 4.78 is 0. The first-order valence-corrected chi connectivity index (χ1v) is 4.11. The molecule has 0 fully saturated rings. The quantitative estimate of drug-likeness (QED) is 0.553. The number of rotatable bonds is 3. The van der Waals surface area contributed by atoms with Crippen LogP contribution in [0.2, 0.25) is 0 Å². The van der Waals surface area contributed by atoms with E-state index in [1.807, 2.05) is 6.07 Å². The van der Waals surface area contributed by atoms with Crippen LogP contribution in [0.1, 0.15) is 5.56 Å². The second-order valence-corrected chi connectivity index (χ2v) is 2.99. The molecular weight excluding hydrogens is 186 g/mol. The Labute approximate surface area is 81.2 Å². The van der Waals surface area contributed by atoms with Gasteiger partial charge in [0.25, 0.3) is 0 Å². The van der Waals surface area contributed by atoms with Gasteiger partial charge in [0.1, 0.15) is 6.04 Å². The van der Waals surface area contributed by atoms with Crippen LogP contribution in [-0.2, 0) is 4.79 Å². The fraction of sp³-hybridized carbons (Fsp3) is 0.111. The van der Waals surface area contributed by atoms with Gasteiger partial charge in [0, 0.05) is 0 Å². The molecule has 1 rings (SSSR count). The maximum absolute atomic E-state index is 10.5. The molecule has 0 aromatic heterocycles. The van der Waals surface area contributed by atoms with Crippen LogP contribution in [0.4, 0.5) is 0 Å². The Hall–Kier alpha value is -1.26. The lowest BCUT2D eigenvalue weighted by molar-refractivity contribution is -0.136. The summed E-state index contributed by atoms with van der Waals surface area (Å²) in [6.45, 7) is 0. The molecule has 1 unspecified atom stereocenters. The van der Waals surface area contributed by atoms with Crippen molar-refractivity contribution in [2.24, 2.45) is 5.73 Å². The summed E-state index contributed by atoms with van der Waals surface area (Å²) in [4.78, 5) is 10.8. The average molecular weight is 195 g/mol. The topological polar surface area (TPSA) is 63.3 Å². The maximum atomic E-state index is 10.5. The van der Waals surface area contributed by atoms with Crippen molar-refractivity contribution in [3.8, 4) is 0 Å². The Morgan fingerprint density at radius 2 is 1.92 bits per heavy atom. The Kier molecular flexibility index (Phi) is 3.11. The van der Waals surface area contributed by atoms with Gasteiger partial charge < -0.3 is 10.8 Å². The molecule has 13 heavy (non-hydrogen) atoms. The molecule has 68 valence electrons. The second-order valence-electron chi connectivity index (χ2n) is 2.55. The van der Waals surface area contributed by atoms with E-state index in [1.54, 1.807) is 24.3 Å². The Morgan fingerprint density at radius 1 is 1.38 bits per heavy atom. The summed E-state index contributed by atoms with van der Waals surface area (Å²) >= 11 is 4.91. The zero-order valence-corrected chi connectivity index (χ0v) is 7.62. The van der Waals surface area contributed by atoms with Crippen molar-refractivity contribution >= 4 is 23.1 Å². The van der Waals surface area contributed by atoms with Crippen LogP contribution >= 0.6 is 12.2 Å². The highest BCUT2D eigenvalue weighted by molar-refractivity contribution is 7.81. The highest BCUT2D eigenvalue weighted by atomic mass is 32.1. The third-order valence-electron chi connectivity index (χ3n) is 1.61. The first kappa shape index (κ1) is 9.83. The largest absolute Gasteiger partial charge is 0.480 e. The van der Waals surface area contributed by atoms with E-state index in [2.05, 4.69) is 0 Å². The summed E-state index contributed by atoms with van der Waals surface area (Å²) in [6.07, 6.45) is 0. The average Bonchev–Trinajstić information content (AvgIpc) is 2.17. The van der Waals surface area contributed by atoms with Gasteiger partial charge in [-0.3, -0.25) is 4.79 Å². The Bertz CT molecular complexity index is 324. The second kappa shape index (κ2) is 4.11. The Morgan fingerprint density at radius 3 is 2.38 bits per heavy atom. The molecule has 0 amide bonds. The monoisotopic (exact) mass is 195 g/mol. The van der Waals surface area contributed by atoms with Crippen molar-refractivity contribution in [1.82, 2.24) is 0 Å². The molecule has 1 aromatic carbocycles. The van der Waals surface area contributed by atoms with Crippen LogP contribution in [0.3, 0.4) is 0 Å². The van der Waals surface area contributed by atoms with Crippen molar-refractivity contribution in [2.45, 2.75) is 6.04 Å². The van der Waals surface area contributed by atoms with Gasteiger partial charge in [0.2, 0.25) is 0 Å². The van der Waals surface area contributed by atoms with Gasteiger partial charge >= 0.3 is 5.97 Å². The minimum Gasteiger partial charge on any atom is -0.480 e. The third-order valence-corrected chi connectivity index (χ3v) is 2.10. The highest BCUT2D eigenvalue weighted by Crippen LogP contribution is 2.03. The standard InChI is InChI=1S/C9H9NO2S/c10-7(9(11)12)8(13)6-4-2-1-3-5-6/h1-5,7H,10H2,(H,11,12). The summed E-state index contributed by atoms with van der Waals surface area (Å²) in [6, 6.07) is 7.79. The molecule has 0 saturated heterocycles. The molecule has 0 aliphatic rings. The number of aliphatic carboxylic acids is 1. The van der Waals surface area contributed by atoms with E-state index in [-0.39, 0.29) is 4.86 Å². The van der Waals surface area contributed by atoms with E-state index < -0.39 is 12.0 Å². The van der Waals surface area contributed by atoms with Gasteiger partial charge in [0.05, 0.1) is 4.86 Å². The van der Waals surface area contributed by atoms with Crippen LogP contribution in [0.5, 0.6) is 0 Å². The molecule has 1 atom stereocenters. The summed E-state index contributed by atoms with van der Waals surface area (Å²) in [7, 11) is 0. The summed E-state index contributed by atoms with van der Waals surface area (Å²) in [5.41, 5.74) is 6.04. The molecule has 0 heterocycles. The van der Waals surface area contributed by atoms with Gasteiger partial charge in [-0.15, -0.1) is 0 Å². The van der Waals surface area contributed by atoms with Crippen molar-refractivity contribution in [1.29, 1.82) is 0 Å². The van der Waals surface area contributed by atoms with E-state index in [4.69, 9.17) is 23.1 Å². The Balaban J connectivity index is 2.86. The van der Waals surface area contributed by atoms with E-state index in [0.29, 0.717) is 5.56 Å². The molecule has 1 aromatic rings. The maximum Gasteiger partial charge on any atom is 0.326 e. The normalized spacial score (nSPS) is 12.1. The lowest BCUT2D eigenvalue weighted by Crippen LogP contribution is -2.37. The van der Waals surface area contributed by atoms with Crippen LogP contribution in [0.25, 0.3) is 0 Å². The minimum absolute atomic E-state index is 0.258. The molecular formula is C9H9NO2S. The number of carboxylic acids is 1. The van der Waals surface area contributed by atoms with Gasteiger partial charge in [-0.25, -0.2) is 0 Å². The highest BCUT2D eigenvalue weighted by Gasteiger charge is 2.17. The lowest BCUT2D eigenvalue weighted by atomic mass is 10.1. The van der Waals surface area contributed by atoms with Gasteiger partial charge in [0.15, 0.2) is 0 Å². The number of carboxylic acid groups (broad SMARTS) is 1. The van der Waals surface area contributed by atoms with Crippen LogP contribution < -0.4 is 5.73 Å². The van der Waals surface area contributed by atoms with Gasteiger partial charge in [-0.05, 0) is 5.56 Å². The first-order chi connectivity index (χ1) is 6.13. The van der Waals surface area contributed by atoms with Crippen molar-refractivity contribution in [3.05, 3.63) is 35.9 Å². The number of carbonyl (C=O) groups is 1. The lowest BCUT2D eigenvalue weighted by Gasteiger charge is -2.07. The SMILES string of the molecule is NC(C(=O)O)C(=S)c1ccccc1. The van der Waals surface area contributed by atoms with Crippen molar-refractivity contribution < 1.29 is 9.90 Å². The minimum atomic E-state index is -1.10. The van der Waals surface area contributed by atoms with Gasteiger partial charge in [-0.2, -0.15) is 0 Å². The number of hydrogen-bond donors (Lipinski definition) is 2. The molecule has 0 saturated carbocycles.